The topological polar surface area (TPSA) is 105 Å². The number of nitrogens with zero attached hydrogens (tertiary/aromatic N) is 2. The molecular formula is C16H15FN2O4S2. The predicted molar refractivity (Wildman–Crippen MR) is 90.1 cm³/mol. The molecule has 0 saturated heterocycles. The van der Waals surface area contributed by atoms with Crippen molar-refractivity contribution >= 4 is 24.1 Å². The van der Waals surface area contributed by atoms with Crippen molar-refractivity contribution in [2.45, 2.75) is 30.6 Å². The molecule has 0 bridgehead atoms. The fraction of sp³-hybridized carbons (Fsp3) is 0.188. The van der Waals surface area contributed by atoms with E-state index in [0.29, 0.717) is 11.1 Å². The number of rotatable bonds is 2. The number of aryl methyl sites for hydroxylation is 3. The van der Waals surface area contributed by atoms with Gasteiger partial charge in [-0.3, -0.25) is 0 Å². The lowest BCUT2D eigenvalue weighted by molar-refractivity contribution is 0.00379. The molecule has 0 radical (unpaired) electrons. The molecule has 0 saturated carbocycles. The van der Waals surface area contributed by atoms with Gasteiger partial charge in [0.15, 0.2) is 0 Å². The maximum atomic E-state index is 13.0. The van der Waals surface area contributed by atoms with Crippen LogP contribution >= 0.6 is 0 Å². The van der Waals surface area contributed by atoms with Crippen LogP contribution in [-0.2, 0) is 19.7 Å². The van der Waals surface area contributed by atoms with Gasteiger partial charge in [-0.2, -0.15) is 0 Å². The van der Waals surface area contributed by atoms with Crippen LogP contribution in [-0.4, -0.2) is 26.0 Å². The Labute approximate surface area is 145 Å². The van der Waals surface area contributed by atoms with Gasteiger partial charge in [-0.1, -0.05) is 17.7 Å². The van der Waals surface area contributed by atoms with E-state index in [9.17, 15) is 21.2 Å². The van der Waals surface area contributed by atoms with Crippen molar-refractivity contribution in [3.8, 4) is 0 Å². The number of sulfone groups is 2. The monoisotopic (exact) mass is 382 g/mol. The lowest BCUT2D eigenvalue weighted by Gasteiger charge is -2.10. The molecule has 0 aromatic heterocycles. The Bertz CT molecular complexity index is 1080. The first-order chi connectivity index (χ1) is 11.5. The highest BCUT2D eigenvalue weighted by molar-refractivity contribution is 8.31. The van der Waals surface area contributed by atoms with Gasteiger partial charge in [0, 0.05) is 0 Å². The minimum Gasteiger partial charge on any atom is -0.359 e. The number of hydrogen-bond acceptors (Lipinski definition) is 4. The second-order valence-corrected chi connectivity index (χ2v) is 9.48. The van der Waals surface area contributed by atoms with Gasteiger partial charge in [0.25, 0.3) is 19.7 Å². The molecule has 6 nitrogen and oxygen atoms in total. The highest BCUT2D eigenvalue weighted by Gasteiger charge is 2.45. The summed E-state index contributed by atoms with van der Waals surface area (Å²) in [6, 6.07) is 6.72. The van der Waals surface area contributed by atoms with Crippen LogP contribution in [0.3, 0.4) is 0 Å². The molecule has 0 aliphatic rings. The Morgan fingerprint density at radius 3 is 1.84 bits per heavy atom. The zero-order chi connectivity index (χ0) is 19.0. The zero-order valence-corrected chi connectivity index (χ0v) is 15.3. The molecule has 2 aromatic rings. The summed E-state index contributed by atoms with van der Waals surface area (Å²) in [6.07, 6.45) is 0. The Balaban J connectivity index is 2.73. The average molecular weight is 382 g/mol. The molecule has 9 heteroatoms. The van der Waals surface area contributed by atoms with Gasteiger partial charge >= 0.3 is 4.38 Å². The molecule has 0 atom stereocenters. The summed E-state index contributed by atoms with van der Waals surface area (Å²) >= 11 is 0. The van der Waals surface area contributed by atoms with Crippen LogP contribution in [0.1, 0.15) is 16.7 Å². The highest BCUT2D eigenvalue weighted by Crippen LogP contribution is 2.26. The molecule has 0 amide bonds. The maximum Gasteiger partial charge on any atom is 0.504 e. The quantitative estimate of drug-likeness (QED) is 0.262. The van der Waals surface area contributed by atoms with Gasteiger partial charge in [-0.05, 0) is 56.2 Å². The highest BCUT2D eigenvalue weighted by atomic mass is 32.3. The average Bonchev–Trinajstić information content (AvgIpc) is 2.46. The molecular weight excluding hydrogens is 367 g/mol. The molecule has 25 heavy (non-hydrogen) atoms. The van der Waals surface area contributed by atoms with E-state index in [0.717, 1.165) is 29.8 Å². The van der Waals surface area contributed by atoms with Crippen molar-refractivity contribution in [2.75, 3.05) is 0 Å². The van der Waals surface area contributed by atoms with E-state index in [1.54, 1.807) is 19.1 Å². The van der Waals surface area contributed by atoms with E-state index < -0.39 is 34.8 Å². The maximum absolute atomic E-state index is 13.0. The van der Waals surface area contributed by atoms with Crippen LogP contribution < -0.4 is 0 Å². The summed E-state index contributed by atoms with van der Waals surface area (Å²) in [5, 5.41) is 0. The van der Waals surface area contributed by atoms with Gasteiger partial charge < -0.3 is 5.53 Å². The molecule has 132 valence electrons. The van der Waals surface area contributed by atoms with Crippen molar-refractivity contribution in [1.82, 2.24) is 0 Å². The number of benzene rings is 2. The van der Waals surface area contributed by atoms with Crippen LogP contribution in [0, 0.1) is 26.6 Å². The van der Waals surface area contributed by atoms with E-state index in [1.165, 1.54) is 13.8 Å². The molecule has 0 heterocycles. The Kier molecular flexibility index (Phi) is 4.94. The van der Waals surface area contributed by atoms with Crippen molar-refractivity contribution in [3.05, 3.63) is 64.4 Å². The van der Waals surface area contributed by atoms with E-state index in [1.807, 2.05) is 0 Å². The summed E-state index contributed by atoms with van der Waals surface area (Å²) in [6.45, 7) is 4.81. The Morgan fingerprint density at radius 2 is 1.40 bits per heavy atom. The number of hydrogen-bond donors (Lipinski definition) is 0. The van der Waals surface area contributed by atoms with Crippen LogP contribution in [0.4, 0.5) is 4.39 Å². The van der Waals surface area contributed by atoms with Gasteiger partial charge in [0.05, 0.1) is 9.79 Å². The lowest BCUT2D eigenvalue weighted by atomic mass is 10.1. The van der Waals surface area contributed by atoms with E-state index >= 15 is 0 Å². The minimum absolute atomic E-state index is 0.239. The first-order valence-corrected chi connectivity index (χ1v) is 10.0. The summed E-state index contributed by atoms with van der Waals surface area (Å²) in [7, 11) is -9.30. The molecule has 0 spiro atoms. The van der Waals surface area contributed by atoms with Crippen LogP contribution in [0.25, 0.3) is 5.53 Å². The van der Waals surface area contributed by atoms with Crippen molar-refractivity contribution < 1.29 is 26.0 Å². The zero-order valence-electron chi connectivity index (χ0n) is 13.7. The summed E-state index contributed by atoms with van der Waals surface area (Å²) in [4.78, 5) is 1.83. The fourth-order valence-electron chi connectivity index (χ4n) is 2.64. The molecule has 0 aliphatic carbocycles. The second-order valence-electron chi connectivity index (χ2n) is 5.55. The van der Waals surface area contributed by atoms with Crippen molar-refractivity contribution in [3.63, 3.8) is 0 Å². The molecule has 0 aliphatic heterocycles. The van der Waals surface area contributed by atoms with Crippen LogP contribution in [0.5, 0.6) is 0 Å². The van der Waals surface area contributed by atoms with Gasteiger partial charge in [-0.25, -0.2) is 21.2 Å². The first-order valence-electron chi connectivity index (χ1n) is 7.07. The van der Waals surface area contributed by atoms with Crippen molar-refractivity contribution in [1.29, 1.82) is 0 Å². The third kappa shape index (κ3) is 3.39. The summed E-state index contributed by atoms with van der Waals surface area (Å²) in [5.74, 6) is -0.686. The fourth-order valence-corrected chi connectivity index (χ4v) is 6.39. The van der Waals surface area contributed by atoms with E-state index in [4.69, 9.17) is 5.53 Å². The van der Waals surface area contributed by atoms with Crippen LogP contribution in [0.2, 0.25) is 0 Å². The minimum atomic E-state index is -4.67. The van der Waals surface area contributed by atoms with E-state index in [2.05, 4.69) is 4.79 Å². The van der Waals surface area contributed by atoms with E-state index in [-0.39, 0.29) is 4.90 Å². The first kappa shape index (κ1) is 19.0. The van der Waals surface area contributed by atoms with Crippen LogP contribution in [0.15, 0.2) is 46.2 Å². The predicted octanol–water partition coefficient (Wildman–Crippen LogP) is 2.58. The summed E-state index contributed by atoms with van der Waals surface area (Å²) < 4.78 is 62.5. The lowest BCUT2D eigenvalue weighted by Crippen LogP contribution is -2.27. The normalized spacial score (nSPS) is 11.8. The summed E-state index contributed by atoms with van der Waals surface area (Å²) in [5.41, 5.74) is 10.6. The molecule has 0 unspecified atom stereocenters. The molecule has 2 aromatic carbocycles. The Morgan fingerprint density at radius 1 is 0.920 bits per heavy atom. The SMILES string of the molecule is Cc1cc(C)c(S(=O)(=O)C(=[N+]=[N-])S(=O)(=O)c2ccc(F)cc2)c(C)c1. The second kappa shape index (κ2) is 6.51. The Hall–Kier alpha value is -2.35. The third-order valence-electron chi connectivity index (χ3n) is 3.54. The number of halogens is 1. The van der Waals surface area contributed by atoms with Gasteiger partial charge in [0.1, 0.15) is 5.82 Å². The molecule has 2 rings (SSSR count). The standard InChI is InChI=1S/C16H15FN2O4S2/c1-10-8-11(2)15(12(3)9-10)25(22,23)16(19-18)24(20,21)14-6-4-13(17)5-7-14/h4-9H,1-3H3. The van der Waals surface area contributed by atoms with Gasteiger partial charge in [0.2, 0.25) is 0 Å². The third-order valence-corrected chi connectivity index (χ3v) is 8.01. The van der Waals surface area contributed by atoms with Crippen molar-refractivity contribution in [2.24, 2.45) is 0 Å². The smallest absolute Gasteiger partial charge is 0.359 e. The van der Waals surface area contributed by atoms with Gasteiger partial charge in [-0.15, -0.1) is 4.79 Å². The molecule has 0 fully saturated rings. The molecule has 0 N–H and O–H groups in total. The largest absolute Gasteiger partial charge is 0.504 e.